The fraction of sp³-hybridized carbons (Fsp3) is 1.00. The van der Waals surface area contributed by atoms with Gasteiger partial charge < -0.3 is 4.90 Å². The van der Waals surface area contributed by atoms with Crippen LogP contribution in [0.15, 0.2) is 0 Å². The van der Waals surface area contributed by atoms with Gasteiger partial charge in [0.05, 0.1) is 0 Å². The predicted molar refractivity (Wildman–Crippen MR) is 78.2 cm³/mol. The van der Waals surface area contributed by atoms with Crippen LogP contribution < -0.4 is 0 Å². The van der Waals surface area contributed by atoms with Gasteiger partial charge in [0.1, 0.15) is 0 Å². The van der Waals surface area contributed by atoms with Crippen molar-refractivity contribution in [1.29, 1.82) is 0 Å². The largest absolute Gasteiger partial charge is 0.394 e. The van der Waals surface area contributed by atoms with Crippen molar-refractivity contribution < 1.29 is 35.0 Å². The molecule has 9 nitrogen and oxygen atoms in total. The van der Waals surface area contributed by atoms with E-state index in [1.54, 1.807) is 0 Å². The fourth-order valence-electron chi connectivity index (χ4n) is 1.77. The molecule has 1 saturated heterocycles. The van der Waals surface area contributed by atoms with Crippen molar-refractivity contribution in [3.05, 3.63) is 0 Å². The lowest BCUT2D eigenvalue weighted by Crippen LogP contribution is -2.30. The monoisotopic (exact) mass is 351 g/mol. The second-order valence-electron chi connectivity index (χ2n) is 4.51. The molecule has 0 aromatic heterocycles. The van der Waals surface area contributed by atoms with Gasteiger partial charge in [-0.2, -0.15) is 16.8 Å². The zero-order chi connectivity index (χ0) is 16.9. The van der Waals surface area contributed by atoms with Gasteiger partial charge in [-0.1, -0.05) is 26.2 Å². The molecule has 0 aromatic carbocycles. The summed E-state index contributed by atoms with van der Waals surface area (Å²) < 4.78 is 63.2. The van der Waals surface area contributed by atoms with Crippen LogP contribution >= 0.6 is 0 Å². The number of rotatable bonds is 4. The molecule has 0 aliphatic carbocycles. The summed E-state index contributed by atoms with van der Waals surface area (Å²) in [5, 5.41) is 0. The number of unbranched alkanes of at least 4 members (excludes halogenated alkanes) is 2. The summed E-state index contributed by atoms with van der Waals surface area (Å²) in [6.07, 6.45) is 8.52. The maximum atomic E-state index is 8.74. The van der Waals surface area contributed by atoms with E-state index in [2.05, 4.69) is 11.8 Å². The van der Waals surface area contributed by atoms with Crippen molar-refractivity contribution in [3.8, 4) is 0 Å². The third-order valence-corrected chi connectivity index (χ3v) is 2.53. The molecule has 0 unspecified atom stereocenters. The van der Waals surface area contributed by atoms with E-state index >= 15 is 0 Å². The summed E-state index contributed by atoms with van der Waals surface area (Å²) in [4.78, 5) is 2.62. The summed E-state index contributed by atoms with van der Waals surface area (Å²) in [6.45, 7) is 6.36. The van der Waals surface area contributed by atoms with Gasteiger partial charge in [0, 0.05) is 0 Å². The lowest BCUT2D eigenvalue weighted by Gasteiger charge is -2.26. The first-order valence-electron chi connectivity index (χ1n) is 6.55. The lowest BCUT2D eigenvalue weighted by atomic mass is 10.1. The second-order valence-corrected chi connectivity index (χ2v) is 6.30. The first-order chi connectivity index (χ1) is 9.43. The summed E-state index contributed by atoms with van der Waals surface area (Å²) >= 11 is 0. The topological polar surface area (TPSA) is 152 Å². The Kier molecular flexibility index (Phi) is 13.4. The molecule has 1 fully saturated rings. The molecule has 0 aromatic rings. The molecule has 21 heavy (non-hydrogen) atoms. The molecule has 1 heterocycles. The molecular weight excluding hydrogens is 326 g/mol. The molecule has 1 rings (SSSR count). The van der Waals surface area contributed by atoms with Crippen LogP contribution in [0.5, 0.6) is 0 Å². The maximum Gasteiger partial charge on any atom is 0.394 e. The van der Waals surface area contributed by atoms with Gasteiger partial charge in [0.2, 0.25) is 0 Å². The van der Waals surface area contributed by atoms with E-state index in [0.29, 0.717) is 0 Å². The van der Waals surface area contributed by atoms with Crippen LogP contribution in [0, 0.1) is 0 Å². The molecule has 0 saturated carbocycles. The number of hydrogen-bond donors (Lipinski definition) is 4. The quantitative estimate of drug-likeness (QED) is 0.434. The third kappa shape index (κ3) is 38.3. The van der Waals surface area contributed by atoms with Gasteiger partial charge >= 0.3 is 20.8 Å². The van der Waals surface area contributed by atoms with Crippen molar-refractivity contribution >= 4 is 20.8 Å². The SMILES string of the molecule is CCCCCN1CCCCC1.O=S(=O)(O)O.O=S(=O)(O)O. The van der Waals surface area contributed by atoms with Crippen LogP contribution in [0.3, 0.4) is 0 Å². The van der Waals surface area contributed by atoms with E-state index in [4.69, 9.17) is 35.0 Å². The Morgan fingerprint density at radius 2 is 1.19 bits per heavy atom. The van der Waals surface area contributed by atoms with E-state index in [9.17, 15) is 0 Å². The van der Waals surface area contributed by atoms with Gasteiger partial charge in [-0.3, -0.25) is 18.2 Å². The maximum absolute atomic E-state index is 8.74. The first kappa shape index (κ1) is 23.0. The zero-order valence-electron chi connectivity index (χ0n) is 12.0. The highest BCUT2D eigenvalue weighted by atomic mass is 32.3. The number of nitrogens with zero attached hydrogens (tertiary/aromatic N) is 1. The minimum atomic E-state index is -4.67. The molecule has 130 valence electrons. The van der Waals surface area contributed by atoms with E-state index in [1.807, 2.05) is 0 Å². The predicted octanol–water partition coefficient (Wildman–Crippen LogP) is 1.36. The van der Waals surface area contributed by atoms with Crippen LogP contribution in [-0.2, 0) is 20.8 Å². The van der Waals surface area contributed by atoms with E-state index in [-0.39, 0.29) is 0 Å². The Hall–Kier alpha value is -0.300. The van der Waals surface area contributed by atoms with Crippen molar-refractivity contribution in [1.82, 2.24) is 4.90 Å². The van der Waals surface area contributed by atoms with Crippen molar-refractivity contribution in [2.75, 3.05) is 19.6 Å². The van der Waals surface area contributed by atoms with Crippen LogP contribution in [0.4, 0.5) is 0 Å². The fourth-order valence-corrected chi connectivity index (χ4v) is 1.77. The Balaban J connectivity index is 0. The molecule has 0 atom stereocenters. The molecule has 0 amide bonds. The van der Waals surface area contributed by atoms with Gasteiger partial charge in [-0.15, -0.1) is 0 Å². The molecule has 4 N–H and O–H groups in total. The highest BCUT2D eigenvalue weighted by Crippen LogP contribution is 2.09. The Morgan fingerprint density at radius 3 is 1.52 bits per heavy atom. The van der Waals surface area contributed by atoms with Gasteiger partial charge in [0.25, 0.3) is 0 Å². The second kappa shape index (κ2) is 12.3. The van der Waals surface area contributed by atoms with Crippen molar-refractivity contribution in [3.63, 3.8) is 0 Å². The first-order valence-corrected chi connectivity index (χ1v) is 9.35. The highest BCUT2D eigenvalue weighted by Gasteiger charge is 2.08. The van der Waals surface area contributed by atoms with E-state index in [0.717, 1.165) is 0 Å². The minimum absolute atomic E-state index is 1.36. The van der Waals surface area contributed by atoms with Gasteiger partial charge in [-0.05, 0) is 38.9 Å². The van der Waals surface area contributed by atoms with Gasteiger partial charge in [-0.25, -0.2) is 0 Å². The van der Waals surface area contributed by atoms with Crippen LogP contribution in [0.25, 0.3) is 0 Å². The van der Waals surface area contributed by atoms with E-state index < -0.39 is 20.8 Å². The number of likely N-dealkylation sites (tertiary alicyclic amines) is 1. The summed E-state index contributed by atoms with van der Waals surface area (Å²) in [7, 11) is -9.33. The Morgan fingerprint density at radius 1 is 0.810 bits per heavy atom. The average molecular weight is 351 g/mol. The average Bonchev–Trinajstić information content (AvgIpc) is 2.26. The van der Waals surface area contributed by atoms with Crippen molar-refractivity contribution in [2.24, 2.45) is 0 Å². The highest BCUT2D eigenvalue weighted by molar-refractivity contribution is 7.80. The summed E-state index contributed by atoms with van der Waals surface area (Å²) in [5.41, 5.74) is 0. The zero-order valence-corrected chi connectivity index (χ0v) is 13.7. The summed E-state index contributed by atoms with van der Waals surface area (Å²) in [6, 6.07) is 0. The molecule has 1 aliphatic rings. The lowest BCUT2D eigenvalue weighted by molar-refractivity contribution is 0.224. The molecule has 0 bridgehead atoms. The smallest absolute Gasteiger partial charge is 0.303 e. The molecule has 0 radical (unpaired) electrons. The third-order valence-electron chi connectivity index (χ3n) is 2.53. The summed E-state index contributed by atoms with van der Waals surface area (Å²) in [5.74, 6) is 0. The van der Waals surface area contributed by atoms with Crippen LogP contribution in [0.1, 0.15) is 45.4 Å². The Bertz CT molecular complexity index is 382. The normalized spacial score (nSPS) is 16.2. The molecule has 11 heteroatoms. The van der Waals surface area contributed by atoms with Crippen LogP contribution in [0.2, 0.25) is 0 Å². The number of hydrogen-bond acceptors (Lipinski definition) is 5. The Labute approximate surface area is 126 Å². The van der Waals surface area contributed by atoms with Crippen molar-refractivity contribution in [2.45, 2.75) is 45.4 Å². The molecular formula is C10H25NO8S2. The van der Waals surface area contributed by atoms with Crippen LogP contribution in [-0.4, -0.2) is 59.6 Å². The van der Waals surface area contributed by atoms with E-state index in [1.165, 1.54) is 58.2 Å². The molecule has 1 aliphatic heterocycles. The standard InChI is InChI=1S/C10H21N.2H2O4S/c1-2-3-5-8-11-9-6-4-7-10-11;2*1-5(2,3)4/h2-10H2,1H3;2*(H2,1,2,3,4). The minimum Gasteiger partial charge on any atom is -0.303 e. The van der Waals surface area contributed by atoms with Gasteiger partial charge in [0.15, 0.2) is 0 Å². The molecule has 0 spiro atoms. The number of piperidine rings is 1.